The van der Waals surface area contributed by atoms with Crippen molar-refractivity contribution in [3.05, 3.63) is 54.1 Å². The summed E-state index contributed by atoms with van der Waals surface area (Å²) in [7, 11) is 3.12. The lowest BCUT2D eigenvalue weighted by Gasteiger charge is -2.13. The maximum Gasteiger partial charge on any atom is 0.328 e. The lowest BCUT2D eigenvalue weighted by Crippen LogP contribution is -2.10. The first kappa shape index (κ1) is 18.2. The number of carbonyl (C=O) groups is 1. The molecule has 132 valence electrons. The zero-order chi connectivity index (χ0) is 18.1. The molecule has 0 aromatic heterocycles. The first-order valence-electron chi connectivity index (χ1n) is 7.61. The van der Waals surface area contributed by atoms with E-state index in [2.05, 4.69) is 0 Å². The predicted molar refractivity (Wildman–Crippen MR) is 93.6 cm³/mol. The highest BCUT2D eigenvalue weighted by molar-refractivity contribution is 5.85. The van der Waals surface area contributed by atoms with Crippen LogP contribution < -0.4 is 18.9 Å². The Balaban J connectivity index is 1.97. The lowest BCUT2D eigenvalue weighted by atomic mass is 10.2. The molecule has 6 heteroatoms. The summed E-state index contributed by atoms with van der Waals surface area (Å²) >= 11 is 0. The molecule has 0 amide bonds. The molecule has 0 aliphatic carbocycles. The minimum atomic E-state index is -1.01. The van der Waals surface area contributed by atoms with E-state index in [0.29, 0.717) is 41.8 Å². The Bertz CT molecular complexity index is 738. The molecule has 0 unspecified atom stereocenters. The Morgan fingerprint density at radius 3 is 2.16 bits per heavy atom. The van der Waals surface area contributed by atoms with Crippen molar-refractivity contribution < 1.29 is 28.8 Å². The van der Waals surface area contributed by atoms with Crippen molar-refractivity contribution in [3.63, 3.8) is 0 Å². The van der Waals surface area contributed by atoms with Crippen molar-refractivity contribution in [3.8, 4) is 23.0 Å². The Morgan fingerprint density at radius 2 is 1.52 bits per heavy atom. The average Bonchev–Trinajstić information content (AvgIpc) is 2.64. The normalized spacial score (nSPS) is 10.5. The molecule has 0 aliphatic rings. The van der Waals surface area contributed by atoms with Crippen molar-refractivity contribution >= 4 is 12.0 Å². The number of benzene rings is 2. The zero-order valence-electron chi connectivity index (χ0n) is 14.1. The van der Waals surface area contributed by atoms with E-state index in [9.17, 15) is 4.79 Å². The van der Waals surface area contributed by atoms with Crippen molar-refractivity contribution in [2.24, 2.45) is 0 Å². The molecule has 0 aliphatic heterocycles. The number of hydrogen-bond acceptors (Lipinski definition) is 5. The first-order chi connectivity index (χ1) is 12.1. The zero-order valence-corrected chi connectivity index (χ0v) is 14.1. The quantitative estimate of drug-likeness (QED) is 0.556. The van der Waals surface area contributed by atoms with Gasteiger partial charge in [-0.05, 0) is 35.9 Å². The van der Waals surface area contributed by atoms with Crippen LogP contribution in [0.25, 0.3) is 6.08 Å². The molecule has 6 nitrogen and oxygen atoms in total. The molecule has 0 radical (unpaired) electrons. The summed E-state index contributed by atoms with van der Waals surface area (Å²) < 4.78 is 21.8. The fraction of sp³-hybridized carbons (Fsp3) is 0.211. The van der Waals surface area contributed by atoms with Gasteiger partial charge in [-0.15, -0.1) is 0 Å². The van der Waals surface area contributed by atoms with Gasteiger partial charge >= 0.3 is 5.97 Å². The molecule has 25 heavy (non-hydrogen) atoms. The number of para-hydroxylation sites is 2. The highest BCUT2D eigenvalue weighted by Crippen LogP contribution is 2.29. The smallest absolute Gasteiger partial charge is 0.328 e. The molecule has 0 heterocycles. The predicted octanol–water partition coefficient (Wildman–Crippen LogP) is 3.26. The summed E-state index contributed by atoms with van der Waals surface area (Å²) in [6.45, 7) is 0.610. The number of carboxylic acids is 1. The minimum absolute atomic E-state index is 0.292. The van der Waals surface area contributed by atoms with E-state index in [1.165, 1.54) is 6.08 Å². The maximum absolute atomic E-state index is 10.6. The summed E-state index contributed by atoms with van der Waals surface area (Å²) in [5.74, 6) is 1.35. The third-order valence-electron chi connectivity index (χ3n) is 3.27. The summed E-state index contributed by atoms with van der Waals surface area (Å²) in [6, 6.07) is 12.5. The Labute approximate surface area is 146 Å². The third kappa shape index (κ3) is 5.46. The molecule has 0 fully saturated rings. The van der Waals surface area contributed by atoms with E-state index in [0.717, 1.165) is 6.08 Å². The average molecular weight is 344 g/mol. The van der Waals surface area contributed by atoms with Crippen LogP contribution in [0, 0.1) is 0 Å². The molecular formula is C19H20O6. The van der Waals surface area contributed by atoms with Crippen molar-refractivity contribution in [1.29, 1.82) is 0 Å². The highest BCUT2D eigenvalue weighted by Gasteiger charge is 2.06. The molecule has 2 rings (SSSR count). The van der Waals surface area contributed by atoms with Gasteiger partial charge in [-0.1, -0.05) is 18.2 Å². The van der Waals surface area contributed by atoms with Crippen LogP contribution in [0.15, 0.2) is 48.5 Å². The van der Waals surface area contributed by atoms with Gasteiger partial charge in [-0.3, -0.25) is 0 Å². The van der Waals surface area contributed by atoms with E-state index in [4.69, 9.17) is 24.1 Å². The number of hydrogen-bond donors (Lipinski definition) is 1. The summed E-state index contributed by atoms with van der Waals surface area (Å²) in [4.78, 5) is 10.6. The standard InChI is InChI=1S/C19H20O6/c1-22-15-5-3-4-6-17(15)24-11-12-25-18-13-14(8-10-19(20)21)7-9-16(18)23-2/h3-10,13H,11-12H2,1-2H3,(H,20,21). The molecule has 1 N–H and O–H groups in total. The van der Waals surface area contributed by atoms with Gasteiger partial charge in [0.15, 0.2) is 23.0 Å². The van der Waals surface area contributed by atoms with Gasteiger partial charge in [-0.2, -0.15) is 0 Å². The van der Waals surface area contributed by atoms with Crippen LogP contribution in [0.3, 0.4) is 0 Å². The first-order valence-corrected chi connectivity index (χ1v) is 7.61. The van der Waals surface area contributed by atoms with Gasteiger partial charge < -0.3 is 24.1 Å². The largest absolute Gasteiger partial charge is 0.493 e. The number of rotatable bonds is 9. The van der Waals surface area contributed by atoms with Crippen molar-refractivity contribution in [1.82, 2.24) is 0 Å². The van der Waals surface area contributed by atoms with Crippen LogP contribution >= 0.6 is 0 Å². The number of carboxylic acid groups (broad SMARTS) is 1. The van der Waals surface area contributed by atoms with Gasteiger partial charge in [-0.25, -0.2) is 4.79 Å². The molecule has 0 atom stereocenters. The topological polar surface area (TPSA) is 74.2 Å². The second kappa shape index (κ2) is 9.22. The van der Waals surface area contributed by atoms with E-state index < -0.39 is 5.97 Å². The van der Waals surface area contributed by atoms with Gasteiger partial charge in [0.1, 0.15) is 13.2 Å². The molecule has 0 saturated heterocycles. The maximum atomic E-state index is 10.6. The number of aliphatic carboxylic acids is 1. The van der Waals surface area contributed by atoms with Crippen LogP contribution in [0.2, 0.25) is 0 Å². The van der Waals surface area contributed by atoms with Gasteiger partial charge in [0.2, 0.25) is 0 Å². The number of methoxy groups -OCH3 is 2. The summed E-state index contributed by atoms with van der Waals surface area (Å²) in [6.07, 6.45) is 2.55. The lowest BCUT2D eigenvalue weighted by molar-refractivity contribution is -0.131. The summed E-state index contributed by atoms with van der Waals surface area (Å²) in [5.41, 5.74) is 0.698. The fourth-order valence-electron chi connectivity index (χ4n) is 2.12. The molecule has 2 aromatic rings. The molecular weight excluding hydrogens is 324 g/mol. The SMILES string of the molecule is COc1ccccc1OCCOc1cc(C=CC(=O)O)ccc1OC. The Morgan fingerprint density at radius 1 is 0.920 bits per heavy atom. The van der Waals surface area contributed by atoms with Crippen LogP contribution in [0.1, 0.15) is 5.56 Å². The van der Waals surface area contributed by atoms with E-state index >= 15 is 0 Å². The fourth-order valence-corrected chi connectivity index (χ4v) is 2.12. The second-order valence-electron chi connectivity index (χ2n) is 4.93. The van der Waals surface area contributed by atoms with Gasteiger partial charge in [0.25, 0.3) is 0 Å². The van der Waals surface area contributed by atoms with Crippen LogP contribution in [-0.2, 0) is 4.79 Å². The molecule has 0 saturated carbocycles. The number of ether oxygens (including phenoxy) is 4. The van der Waals surface area contributed by atoms with E-state index in [-0.39, 0.29) is 0 Å². The molecule has 0 bridgehead atoms. The second-order valence-corrected chi connectivity index (χ2v) is 4.93. The van der Waals surface area contributed by atoms with Crippen LogP contribution in [0.5, 0.6) is 23.0 Å². The van der Waals surface area contributed by atoms with Crippen LogP contribution in [0.4, 0.5) is 0 Å². The van der Waals surface area contributed by atoms with Gasteiger partial charge in [0.05, 0.1) is 14.2 Å². The molecule has 2 aromatic carbocycles. The van der Waals surface area contributed by atoms with Gasteiger partial charge in [0, 0.05) is 6.08 Å². The minimum Gasteiger partial charge on any atom is -0.493 e. The molecule has 0 spiro atoms. The van der Waals surface area contributed by atoms with Crippen LogP contribution in [-0.4, -0.2) is 38.5 Å². The Hall–Kier alpha value is -3.15. The third-order valence-corrected chi connectivity index (χ3v) is 3.27. The Kier molecular flexibility index (Phi) is 6.71. The monoisotopic (exact) mass is 344 g/mol. The van der Waals surface area contributed by atoms with E-state index in [1.807, 2.05) is 24.3 Å². The summed E-state index contributed by atoms with van der Waals surface area (Å²) in [5, 5.41) is 8.70. The van der Waals surface area contributed by atoms with Crippen molar-refractivity contribution in [2.45, 2.75) is 0 Å². The van der Waals surface area contributed by atoms with Crippen molar-refractivity contribution in [2.75, 3.05) is 27.4 Å². The van der Waals surface area contributed by atoms with E-state index in [1.54, 1.807) is 32.4 Å². The highest BCUT2D eigenvalue weighted by atomic mass is 16.5.